The average Bonchev–Trinajstić information content (AvgIpc) is 2.89. The molecule has 0 saturated carbocycles. The second-order valence-electron chi connectivity index (χ2n) is 7.39. The van der Waals surface area contributed by atoms with Crippen LogP contribution in [-0.2, 0) is 0 Å². The molecule has 4 heterocycles. The molecule has 0 aliphatic carbocycles. The molecule has 0 atom stereocenters. The fourth-order valence-electron chi connectivity index (χ4n) is 3.77. The van der Waals surface area contributed by atoms with Gasteiger partial charge in [0, 0.05) is 46.7 Å². The van der Waals surface area contributed by atoms with Gasteiger partial charge < -0.3 is 0 Å². The highest BCUT2D eigenvalue weighted by Gasteiger charge is 2.07. The van der Waals surface area contributed by atoms with Crippen LogP contribution in [0.4, 0.5) is 0 Å². The Hall–Kier alpha value is -4.58. The van der Waals surface area contributed by atoms with Crippen molar-refractivity contribution in [2.75, 3.05) is 0 Å². The van der Waals surface area contributed by atoms with Crippen LogP contribution in [0.5, 0.6) is 0 Å². The lowest BCUT2D eigenvalue weighted by Crippen LogP contribution is -1.92. The summed E-state index contributed by atoms with van der Waals surface area (Å²) in [4.78, 5) is 26.6. The summed E-state index contributed by atoms with van der Waals surface area (Å²) < 4.78 is 0. The molecular weight excluding hydrogens is 396 g/mol. The standard InChI is InChI=1S/C26H16N6/c1-2-19-7-8-20-12-21(13-32-26(20)25(19)29-9-1)17-3-5-18(6-4-17)22-15-31-24(16-30-22)23-14-27-10-11-28-23/h1-16H. The van der Waals surface area contributed by atoms with Gasteiger partial charge in [-0.1, -0.05) is 42.5 Å². The topological polar surface area (TPSA) is 77.3 Å². The lowest BCUT2D eigenvalue weighted by atomic mass is 10.0. The van der Waals surface area contributed by atoms with Gasteiger partial charge >= 0.3 is 0 Å². The first-order chi connectivity index (χ1) is 15.8. The van der Waals surface area contributed by atoms with Crippen LogP contribution in [0.25, 0.3) is 55.6 Å². The van der Waals surface area contributed by atoms with E-state index >= 15 is 0 Å². The zero-order valence-electron chi connectivity index (χ0n) is 16.9. The van der Waals surface area contributed by atoms with Gasteiger partial charge in [-0.05, 0) is 17.7 Å². The van der Waals surface area contributed by atoms with E-state index in [1.54, 1.807) is 37.2 Å². The molecule has 0 N–H and O–H groups in total. The molecule has 32 heavy (non-hydrogen) atoms. The van der Waals surface area contributed by atoms with E-state index in [0.29, 0.717) is 11.4 Å². The molecule has 6 rings (SSSR count). The summed E-state index contributed by atoms with van der Waals surface area (Å²) in [5, 5.41) is 2.17. The Kier molecular flexibility index (Phi) is 4.32. The Bertz CT molecular complexity index is 1550. The van der Waals surface area contributed by atoms with E-state index in [-0.39, 0.29) is 0 Å². The molecule has 0 unspecified atom stereocenters. The van der Waals surface area contributed by atoms with Crippen LogP contribution in [0.3, 0.4) is 0 Å². The third-order valence-corrected chi connectivity index (χ3v) is 5.41. The molecule has 0 radical (unpaired) electrons. The lowest BCUT2D eigenvalue weighted by Gasteiger charge is -2.07. The number of pyridine rings is 2. The summed E-state index contributed by atoms with van der Waals surface area (Å²) in [7, 11) is 0. The number of hydrogen-bond acceptors (Lipinski definition) is 6. The third kappa shape index (κ3) is 3.24. The van der Waals surface area contributed by atoms with E-state index < -0.39 is 0 Å². The highest BCUT2D eigenvalue weighted by atomic mass is 14.8. The Morgan fingerprint density at radius 3 is 2.00 bits per heavy atom. The number of hydrogen-bond donors (Lipinski definition) is 0. The lowest BCUT2D eigenvalue weighted by molar-refractivity contribution is 1.14. The molecular formula is C26H16N6. The van der Waals surface area contributed by atoms with Crippen molar-refractivity contribution in [1.29, 1.82) is 0 Å². The summed E-state index contributed by atoms with van der Waals surface area (Å²) in [5.41, 5.74) is 7.19. The smallest absolute Gasteiger partial charge is 0.109 e. The molecule has 4 aromatic heterocycles. The summed E-state index contributed by atoms with van der Waals surface area (Å²) in [6.45, 7) is 0. The Morgan fingerprint density at radius 1 is 0.438 bits per heavy atom. The van der Waals surface area contributed by atoms with Gasteiger partial charge in [-0.25, -0.2) is 0 Å². The number of rotatable bonds is 3. The van der Waals surface area contributed by atoms with E-state index in [2.05, 4.69) is 61.3 Å². The van der Waals surface area contributed by atoms with E-state index in [1.165, 1.54) is 0 Å². The van der Waals surface area contributed by atoms with Gasteiger partial charge in [0.05, 0.1) is 35.3 Å². The predicted molar refractivity (Wildman–Crippen MR) is 125 cm³/mol. The molecule has 6 heteroatoms. The monoisotopic (exact) mass is 412 g/mol. The van der Waals surface area contributed by atoms with Crippen LogP contribution < -0.4 is 0 Å². The molecule has 150 valence electrons. The second kappa shape index (κ2) is 7.59. The van der Waals surface area contributed by atoms with Crippen molar-refractivity contribution in [1.82, 2.24) is 29.9 Å². The minimum Gasteiger partial charge on any atom is -0.261 e. The molecule has 0 fully saturated rings. The quantitative estimate of drug-likeness (QED) is 0.364. The van der Waals surface area contributed by atoms with Gasteiger partial charge in [-0.15, -0.1) is 0 Å². The Labute approximate surface area is 183 Å². The molecule has 6 aromatic rings. The van der Waals surface area contributed by atoms with Gasteiger partial charge in [-0.3, -0.25) is 29.9 Å². The van der Waals surface area contributed by atoms with Gasteiger partial charge in [0.2, 0.25) is 0 Å². The molecule has 2 aromatic carbocycles. The molecule has 0 aliphatic rings. The average molecular weight is 412 g/mol. The third-order valence-electron chi connectivity index (χ3n) is 5.41. The van der Waals surface area contributed by atoms with E-state index in [9.17, 15) is 0 Å². The number of aromatic nitrogens is 6. The largest absolute Gasteiger partial charge is 0.261 e. The van der Waals surface area contributed by atoms with E-state index in [1.807, 2.05) is 24.4 Å². The first-order valence-electron chi connectivity index (χ1n) is 10.2. The van der Waals surface area contributed by atoms with Crippen LogP contribution in [0.2, 0.25) is 0 Å². The number of fused-ring (bicyclic) bond motifs is 3. The Balaban J connectivity index is 1.31. The van der Waals surface area contributed by atoms with Crippen molar-refractivity contribution >= 4 is 21.8 Å². The van der Waals surface area contributed by atoms with Crippen molar-refractivity contribution in [3.63, 3.8) is 0 Å². The first kappa shape index (κ1) is 18.2. The zero-order valence-corrected chi connectivity index (χ0v) is 16.9. The van der Waals surface area contributed by atoms with Crippen LogP contribution >= 0.6 is 0 Å². The minimum atomic E-state index is 0.697. The van der Waals surface area contributed by atoms with Gasteiger partial charge in [0.25, 0.3) is 0 Å². The Morgan fingerprint density at radius 2 is 1.19 bits per heavy atom. The predicted octanol–water partition coefficient (Wildman–Crippen LogP) is 5.36. The minimum absolute atomic E-state index is 0.697. The molecule has 0 bridgehead atoms. The van der Waals surface area contributed by atoms with Crippen molar-refractivity contribution in [2.45, 2.75) is 0 Å². The van der Waals surface area contributed by atoms with Crippen molar-refractivity contribution in [2.24, 2.45) is 0 Å². The van der Waals surface area contributed by atoms with Crippen molar-refractivity contribution < 1.29 is 0 Å². The van der Waals surface area contributed by atoms with Gasteiger partial charge in [0.15, 0.2) is 0 Å². The van der Waals surface area contributed by atoms with Gasteiger partial charge in [0.1, 0.15) is 11.4 Å². The summed E-state index contributed by atoms with van der Waals surface area (Å²) in [6, 6.07) is 18.6. The first-order valence-corrected chi connectivity index (χ1v) is 10.2. The maximum Gasteiger partial charge on any atom is 0.109 e. The molecule has 6 nitrogen and oxygen atoms in total. The molecule has 0 amide bonds. The molecule has 0 spiro atoms. The highest BCUT2D eigenvalue weighted by Crippen LogP contribution is 2.28. The van der Waals surface area contributed by atoms with E-state index in [4.69, 9.17) is 4.98 Å². The summed E-state index contributed by atoms with van der Waals surface area (Å²) in [5.74, 6) is 0. The van der Waals surface area contributed by atoms with Gasteiger partial charge in [-0.2, -0.15) is 0 Å². The van der Waals surface area contributed by atoms with Crippen molar-refractivity contribution in [3.8, 4) is 33.8 Å². The summed E-state index contributed by atoms with van der Waals surface area (Å²) >= 11 is 0. The SMILES string of the molecule is c1cnc2c(c1)ccc1cc(-c3ccc(-c4cnc(-c5cnccn5)cn4)cc3)cnc12. The van der Waals surface area contributed by atoms with Crippen molar-refractivity contribution in [3.05, 3.63) is 98.0 Å². The van der Waals surface area contributed by atoms with Crippen LogP contribution in [0.1, 0.15) is 0 Å². The zero-order chi connectivity index (χ0) is 21.3. The van der Waals surface area contributed by atoms with Crippen LogP contribution in [-0.4, -0.2) is 29.9 Å². The molecule has 0 aliphatic heterocycles. The van der Waals surface area contributed by atoms with Crippen LogP contribution in [0.15, 0.2) is 98.0 Å². The fraction of sp³-hybridized carbons (Fsp3) is 0. The molecule has 0 saturated heterocycles. The second-order valence-corrected chi connectivity index (χ2v) is 7.39. The fourth-order valence-corrected chi connectivity index (χ4v) is 3.77. The summed E-state index contributed by atoms with van der Waals surface area (Å²) in [6.07, 6.45) is 12.1. The highest BCUT2D eigenvalue weighted by molar-refractivity contribution is 6.03. The van der Waals surface area contributed by atoms with E-state index in [0.717, 1.165) is 44.2 Å². The maximum absolute atomic E-state index is 4.71. The normalized spacial score (nSPS) is 11.1. The van der Waals surface area contributed by atoms with Crippen LogP contribution in [0, 0.1) is 0 Å². The number of nitrogens with zero attached hydrogens (tertiary/aromatic N) is 6. The number of benzene rings is 2. The maximum atomic E-state index is 4.71.